The lowest BCUT2D eigenvalue weighted by atomic mass is 9.95. The number of halogens is 6. The van der Waals surface area contributed by atoms with Gasteiger partial charge in [-0.2, -0.15) is 26.3 Å². The molecule has 0 unspecified atom stereocenters. The predicted molar refractivity (Wildman–Crippen MR) is 231 cm³/mol. The van der Waals surface area contributed by atoms with Crippen molar-refractivity contribution in [2.45, 2.75) is 26.2 Å². The second kappa shape index (κ2) is 13.8. The highest BCUT2D eigenvalue weighted by atomic mass is 19.4. The van der Waals surface area contributed by atoms with E-state index in [1.165, 1.54) is 12.1 Å². The minimum absolute atomic E-state index is 0.197. The number of hydrogen-bond acceptors (Lipinski definition) is 0. The second-order valence-electron chi connectivity index (χ2n) is 15.3. The standard InChI is InChI=1S/C52H34F6N2/c1-31-12-3-5-16-37(31)34-22-24-47-42(27-34)39-18-7-9-20-45(39)59(47)49-29-41(33-14-11-15-36(26-33)51(53,54)55)44(52(56,57)58)30-50(49)60-46-21-10-8-19-40(46)43-28-35(23-25-48(43)60)38-17-6-4-13-32(38)2/h3-30H,1-2H3. The van der Waals surface area contributed by atoms with Gasteiger partial charge >= 0.3 is 12.4 Å². The monoisotopic (exact) mass is 800 g/mol. The average molecular weight is 801 g/mol. The van der Waals surface area contributed by atoms with Crippen LogP contribution in [-0.2, 0) is 12.4 Å². The maximum absolute atomic E-state index is 15.6. The Hall–Kier alpha value is -7.06. The van der Waals surface area contributed by atoms with Gasteiger partial charge in [0.25, 0.3) is 0 Å². The maximum Gasteiger partial charge on any atom is 0.417 e. The van der Waals surface area contributed by atoms with Crippen molar-refractivity contribution in [1.82, 2.24) is 9.13 Å². The van der Waals surface area contributed by atoms with Crippen molar-refractivity contribution in [3.05, 3.63) is 192 Å². The highest BCUT2D eigenvalue weighted by molar-refractivity contribution is 6.13. The van der Waals surface area contributed by atoms with Crippen LogP contribution in [0, 0.1) is 13.8 Å². The number of aryl methyl sites for hydroxylation is 2. The number of para-hydroxylation sites is 2. The van der Waals surface area contributed by atoms with Gasteiger partial charge in [-0.25, -0.2) is 0 Å². The zero-order valence-electron chi connectivity index (χ0n) is 32.3. The van der Waals surface area contributed by atoms with Crippen molar-refractivity contribution in [2.24, 2.45) is 0 Å². The Morgan fingerprint density at radius 2 is 0.800 bits per heavy atom. The van der Waals surface area contributed by atoms with Crippen LogP contribution in [0.1, 0.15) is 22.3 Å². The normalized spacial score (nSPS) is 12.3. The Labute approximate surface area is 341 Å². The second-order valence-corrected chi connectivity index (χ2v) is 15.3. The first kappa shape index (κ1) is 37.2. The van der Waals surface area contributed by atoms with Gasteiger partial charge in [-0.3, -0.25) is 0 Å². The van der Waals surface area contributed by atoms with E-state index in [-0.39, 0.29) is 16.8 Å². The highest BCUT2D eigenvalue weighted by Gasteiger charge is 2.37. The Morgan fingerprint density at radius 1 is 0.350 bits per heavy atom. The summed E-state index contributed by atoms with van der Waals surface area (Å²) in [6, 6.07) is 50.1. The molecular formula is C52H34F6N2. The quantitative estimate of drug-likeness (QED) is 0.153. The topological polar surface area (TPSA) is 9.86 Å². The van der Waals surface area contributed by atoms with E-state index in [2.05, 4.69) is 18.2 Å². The average Bonchev–Trinajstić information content (AvgIpc) is 3.75. The summed E-state index contributed by atoms with van der Waals surface area (Å²) in [5, 5.41) is 3.44. The van der Waals surface area contributed by atoms with Gasteiger partial charge in [0.1, 0.15) is 0 Å². The van der Waals surface area contributed by atoms with Gasteiger partial charge in [-0.15, -0.1) is 0 Å². The van der Waals surface area contributed by atoms with Crippen LogP contribution < -0.4 is 0 Å². The van der Waals surface area contributed by atoms with Gasteiger partial charge in [0.15, 0.2) is 0 Å². The van der Waals surface area contributed by atoms with Crippen LogP contribution in [0.5, 0.6) is 0 Å². The summed E-state index contributed by atoms with van der Waals surface area (Å²) in [4.78, 5) is 0. The van der Waals surface area contributed by atoms with Crippen molar-refractivity contribution >= 4 is 43.6 Å². The van der Waals surface area contributed by atoms with Crippen LogP contribution in [0.25, 0.3) is 88.4 Å². The van der Waals surface area contributed by atoms with Crippen LogP contribution in [0.3, 0.4) is 0 Å². The highest BCUT2D eigenvalue weighted by Crippen LogP contribution is 2.46. The first-order chi connectivity index (χ1) is 28.9. The van der Waals surface area contributed by atoms with Crippen molar-refractivity contribution in [3.8, 4) is 44.8 Å². The molecule has 8 heteroatoms. The Morgan fingerprint density at radius 3 is 1.30 bits per heavy atom. The van der Waals surface area contributed by atoms with Crippen molar-refractivity contribution in [3.63, 3.8) is 0 Å². The van der Waals surface area contributed by atoms with Crippen LogP contribution in [-0.4, -0.2) is 9.13 Å². The fourth-order valence-corrected chi connectivity index (χ4v) is 8.87. The third kappa shape index (κ3) is 6.05. The van der Waals surface area contributed by atoms with E-state index in [0.717, 1.165) is 90.2 Å². The first-order valence-corrected chi connectivity index (χ1v) is 19.5. The number of rotatable bonds is 5. The zero-order chi connectivity index (χ0) is 41.5. The molecule has 0 N–H and O–H groups in total. The number of hydrogen-bond donors (Lipinski definition) is 0. The largest absolute Gasteiger partial charge is 0.417 e. The molecular weight excluding hydrogens is 767 g/mol. The summed E-state index contributed by atoms with van der Waals surface area (Å²) < 4.78 is 92.9. The summed E-state index contributed by atoms with van der Waals surface area (Å²) >= 11 is 0. The molecule has 2 nitrogen and oxygen atoms in total. The molecule has 0 saturated carbocycles. The number of alkyl halides is 6. The van der Waals surface area contributed by atoms with Crippen molar-refractivity contribution in [2.75, 3.05) is 0 Å². The van der Waals surface area contributed by atoms with Gasteiger partial charge in [0.05, 0.1) is 44.6 Å². The fourth-order valence-electron chi connectivity index (χ4n) is 8.87. The van der Waals surface area contributed by atoms with Gasteiger partial charge < -0.3 is 9.13 Å². The smallest absolute Gasteiger partial charge is 0.307 e. The maximum atomic E-state index is 15.6. The van der Waals surface area contributed by atoms with Crippen molar-refractivity contribution in [1.29, 1.82) is 0 Å². The molecule has 8 aromatic carbocycles. The fraction of sp³-hybridized carbons (Fsp3) is 0.0769. The van der Waals surface area contributed by atoms with E-state index < -0.39 is 23.5 Å². The molecule has 0 spiro atoms. The number of fused-ring (bicyclic) bond motifs is 6. The first-order valence-electron chi connectivity index (χ1n) is 19.5. The molecule has 2 heterocycles. The number of aromatic nitrogens is 2. The Balaban J connectivity index is 1.35. The summed E-state index contributed by atoms with van der Waals surface area (Å²) in [6.45, 7) is 4.08. The van der Waals surface area contributed by atoms with E-state index in [1.54, 1.807) is 0 Å². The number of nitrogens with zero attached hydrogens (tertiary/aromatic N) is 2. The molecule has 294 valence electrons. The predicted octanol–water partition coefficient (Wildman–Crippen LogP) is 15.5. The molecule has 0 bridgehead atoms. The molecule has 0 radical (unpaired) electrons. The van der Waals surface area contributed by atoms with Gasteiger partial charge in [-0.1, -0.05) is 109 Å². The third-order valence-corrected chi connectivity index (χ3v) is 11.7. The van der Waals surface area contributed by atoms with E-state index in [1.807, 2.05) is 138 Å². The summed E-state index contributed by atoms with van der Waals surface area (Å²) in [7, 11) is 0. The van der Waals surface area contributed by atoms with Crippen LogP contribution >= 0.6 is 0 Å². The molecule has 0 amide bonds. The van der Waals surface area contributed by atoms with E-state index in [0.29, 0.717) is 16.7 Å². The van der Waals surface area contributed by atoms with Crippen molar-refractivity contribution < 1.29 is 26.3 Å². The lowest BCUT2D eigenvalue weighted by molar-refractivity contribution is -0.137. The minimum atomic E-state index is -4.93. The molecule has 2 aromatic heterocycles. The Kier molecular flexibility index (Phi) is 8.54. The SMILES string of the molecule is Cc1ccccc1-c1ccc2c(c1)c1ccccc1n2-c1cc(-c2cccc(C(F)(F)F)c2)c(C(F)(F)F)cc1-n1c2ccccc2c2cc(-c3ccccc3C)ccc21. The minimum Gasteiger partial charge on any atom is -0.307 e. The lowest BCUT2D eigenvalue weighted by Crippen LogP contribution is -2.12. The molecule has 10 aromatic rings. The van der Waals surface area contributed by atoms with Crippen LogP contribution in [0.4, 0.5) is 26.3 Å². The molecule has 0 atom stereocenters. The molecule has 0 aliphatic rings. The van der Waals surface area contributed by atoms with E-state index in [4.69, 9.17) is 0 Å². The molecule has 0 aliphatic heterocycles. The molecule has 0 saturated heterocycles. The number of benzene rings is 8. The van der Waals surface area contributed by atoms with Gasteiger partial charge in [0.2, 0.25) is 0 Å². The van der Waals surface area contributed by atoms with Gasteiger partial charge in [-0.05, 0) is 119 Å². The van der Waals surface area contributed by atoms with Gasteiger partial charge in [0, 0.05) is 21.5 Å². The van der Waals surface area contributed by atoms with Crippen LogP contribution in [0.2, 0.25) is 0 Å². The summed E-state index contributed by atoms with van der Waals surface area (Å²) in [6.07, 6.45) is -9.70. The third-order valence-electron chi connectivity index (χ3n) is 11.7. The molecule has 0 fully saturated rings. The van der Waals surface area contributed by atoms with Crippen LogP contribution in [0.15, 0.2) is 170 Å². The van der Waals surface area contributed by atoms with E-state index >= 15 is 13.2 Å². The molecule has 10 rings (SSSR count). The zero-order valence-corrected chi connectivity index (χ0v) is 32.3. The lowest BCUT2D eigenvalue weighted by Gasteiger charge is -2.22. The van der Waals surface area contributed by atoms with E-state index in [9.17, 15) is 13.2 Å². The molecule has 60 heavy (non-hydrogen) atoms. The molecule has 0 aliphatic carbocycles. The Bertz CT molecular complexity index is 3330. The summed E-state index contributed by atoms with van der Waals surface area (Å²) in [5.41, 5.74) is 6.97. The summed E-state index contributed by atoms with van der Waals surface area (Å²) in [5.74, 6) is 0.